The van der Waals surface area contributed by atoms with Gasteiger partial charge in [0.15, 0.2) is 0 Å². The smallest absolute Gasteiger partial charge is 0.413 e. The summed E-state index contributed by atoms with van der Waals surface area (Å²) in [6.45, 7) is 1.68. The predicted molar refractivity (Wildman–Crippen MR) is 127 cm³/mol. The summed E-state index contributed by atoms with van der Waals surface area (Å²) in [6, 6.07) is 8.47. The van der Waals surface area contributed by atoms with Crippen LogP contribution in [0.3, 0.4) is 0 Å². The number of aliphatic hydroxyl groups excluding tert-OH is 2. The van der Waals surface area contributed by atoms with Gasteiger partial charge in [-0.2, -0.15) is 0 Å². The molecular weight excluding hydrogens is 439 g/mol. The van der Waals surface area contributed by atoms with Gasteiger partial charge in [0.05, 0.1) is 12.1 Å². The molecule has 34 heavy (non-hydrogen) atoms. The summed E-state index contributed by atoms with van der Waals surface area (Å²) in [7, 11) is 0.680. The Bertz CT molecular complexity index is 861. The maximum absolute atomic E-state index is 13.2. The molecule has 2 rings (SSSR count). The topological polar surface area (TPSA) is 143 Å². The minimum Gasteiger partial charge on any atom is -0.413 e. The Morgan fingerprint density at radius 1 is 1.09 bits per heavy atom. The van der Waals surface area contributed by atoms with Gasteiger partial charge >= 0.3 is 7.12 Å². The molecule has 2 amide bonds. The second kappa shape index (κ2) is 15.1. The molecule has 1 heterocycles. The molecule has 0 aliphatic rings. The van der Waals surface area contributed by atoms with Gasteiger partial charge in [0, 0.05) is 45.2 Å². The van der Waals surface area contributed by atoms with Crippen molar-refractivity contribution in [2.24, 2.45) is 0 Å². The van der Waals surface area contributed by atoms with E-state index in [0.717, 1.165) is 5.56 Å². The Morgan fingerprint density at radius 2 is 1.85 bits per heavy atom. The highest BCUT2D eigenvalue weighted by molar-refractivity contribution is 6.46. The van der Waals surface area contributed by atoms with Crippen LogP contribution in [0.2, 0.25) is 0 Å². The molecule has 3 atom stereocenters. The molecule has 0 fully saturated rings. The third kappa shape index (κ3) is 9.18. The fourth-order valence-electron chi connectivity index (χ4n) is 3.41. The van der Waals surface area contributed by atoms with Gasteiger partial charge in [-0.25, -0.2) is 4.98 Å². The highest BCUT2D eigenvalue weighted by atomic mass is 16.6. The van der Waals surface area contributed by atoms with E-state index in [2.05, 4.69) is 20.6 Å². The molecule has 1 aromatic heterocycles. The Morgan fingerprint density at radius 3 is 2.47 bits per heavy atom. The molecule has 1 aromatic carbocycles. The molecule has 0 bridgehead atoms. The maximum atomic E-state index is 13.2. The molecule has 0 saturated carbocycles. The van der Waals surface area contributed by atoms with Crippen molar-refractivity contribution >= 4 is 18.9 Å². The molecule has 11 heteroatoms. The van der Waals surface area contributed by atoms with Crippen molar-refractivity contribution in [2.45, 2.75) is 50.7 Å². The van der Waals surface area contributed by atoms with Gasteiger partial charge in [0.1, 0.15) is 11.7 Å². The van der Waals surface area contributed by atoms with Gasteiger partial charge in [-0.3, -0.25) is 14.6 Å². The zero-order valence-corrected chi connectivity index (χ0v) is 19.6. The number of carbonyl (C=O) groups excluding carboxylic acids is 2. The van der Waals surface area contributed by atoms with Crippen molar-refractivity contribution in [1.82, 2.24) is 20.6 Å². The van der Waals surface area contributed by atoms with Crippen molar-refractivity contribution in [3.05, 3.63) is 60.2 Å². The predicted octanol–water partition coefficient (Wildman–Crippen LogP) is 0.536. The van der Waals surface area contributed by atoms with Crippen LogP contribution in [0.25, 0.3) is 0 Å². The monoisotopic (exact) mass is 472 g/mol. The number of benzene rings is 1. The number of hydrogen-bond acceptors (Lipinski definition) is 8. The normalized spacial score (nSPS) is 13.5. The standard InChI is InChI=1S/C23H33BN4O6/c1-17(24(33-2)34-19(10-14-30)9-6-13-29)27-22(31)20(15-18-7-4-3-5-8-18)28-23(32)21-16-25-11-12-26-21/h3-5,7-8,11-12,16-17,19-20,29-30H,6,9-10,13-15H2,1-2H3,(H,27,31)(H,28,32). The van der Waals surface area contributed by atoms with Crippen LogP contribution in [0.1, 0.15) is 42.2 Å². The Hall–Kier alpha value is -2.86. The first kappa shape index (κ1) is 27.4. The van der Waals surface area contributed by atoms with E-state index in [1.54, 1.807) is 6.92 Å². The number of rotatable bonds is 15. The quantitative estimate of drug-likeness (QED) is 0.275. The van der Waals surface area contributed by atoms with Crippen LogP contribution in [0, 0.1) is 0 Å². The van der Waals surface area contributed by atoms with Crippen LogP contribution in [0.5, 0.6) is 0 Å². The molecule has 3 unspecified atom stereocenters. The van der Waals surface area contributed by atoms with Gasteiger partial charge in [-0.1, -0.05) is 30.3 Å². The summed E-state index contributed by atoms with van der Waals surface area (Å²) in [5.41, 5.74) is 0.983. The van der Waals surface area contributed by atoms with Crippen molar-refractivity contribution in [3.63, 3.8) is 0 Å². The third-order valence-corrected chi connectivity index (χ3v) is 5.17. The zero-order chi connectivity index (χ0) is 24.8. The van der Waals surface area contributed by atoms with E-state index in [0.29, 0.717) is 19.3 Å². The molecule has 4 N–H and O–H groups in total. The summed E-state index contributed by atoms with van der Waals surface area (Å²) < 4.78 is 11.4. The van der Waals surface area contributed by atoms with Crippen molar-refractivity contribution in [1.29, 1.82) is 0 Å². The van der Waals surface area contributed by atoms with Crippen LogP contribution in [0.15, 0.2) is 48.9 Å². The lowest BCUT2D eigenvalue weighted by atomic mass is 9.78. The van der Waals surface area contributed by atoms with Crippen LogP contribution < -0.4 is 10.6 Å². The number of carbonyl (C=O) groups is 2. The average Bonchev–Trinajstić information content (AvgIpc) is 2.86. The number of aliphatic hydroxyl groups is 2. The lowest BCUT2D eigenvalue weighted by Gasteiger charge is -2.27. The first-order chi connectivity index (χ1) is 16.5. The second-order valence-electron chi connectivity index (χ2n) is 7.84. The highest BCUT2D eigenvalue weighted by Gasteiger charge is 2.32. The van der Waals surface area contributed by atoms with Crippen molar-refractivity contribution in [3.8, 4) is 0 Å². The third-order valence-electron chi connectivity index (χ3n) is 5.17. The van der Waals surface area contributed by atoms with E-state index in [1.807, 2.05) is 30.3 Å². The summed E-state index contributed by atoms with van der Waals surface area (Å²) in [5, 5.41) is 24.0. The lowest BCUT2D eigenvalue weighted by molar-refractivity contribution is -0.123. The average molecular weight is 472 g/mol. The molecule has 184 valence electrons. The number of hydrogen-bond donors (Lipinski definition) is 4. The zero-order valence-electron chi connectivity index (χ0n) is 19.6. The summed E-state index contributed by atoms with van der Waals surface area (Å²) in [6.07, 6.45) is 5.58. The molecule has 0 saturated heterocycles. The van der Waals surface area contributed by atoms with Crippen molar-refractivity contribution in [2.75, 3.05) is 20.3 Å². The van der Waals surface area contributed by atoms with Crippen LogP contribution in [-0.4, -0.2) is 77.5 Å². The summed E-state index contributed by atoms with van der Waals surface area (Å²) in [4.78, 5) is 33.7. The fourth-order valence-corrected chi connectivity index (χ4v) is 3.41. The number of nitrogens with zero attached hydrogens (tertiary/aromatic N) is 2. The minimum atomic E-state index is -0.875. The second-order valence-corrected chi connectivity index (χ2v) is 7.84. The summed E-state index contributed by atoms with van der Waals surface area (Å²) >= 11 is 0. The minimum absolute atomic E-state index is 0.0158. The number of nitrogens with one attached hydrogen (secondary N) is 2. The molecule has 0 aliphatic carbocycles. The van der Waals surface area contributed by atoms with Gasteiger partial charge < -0.3 is 30.2 Å². The fraction of sp³-hybridized carbons (Fsp3) is 0.478. The van der Waals surface area contributed by atoms with E-state index in [4.69, 9.17) is 14.4 Å². The van der Waals surface area contributed by atoms with E-state index < -0.39 is 30.9 Å². The SMILES string of the molecule is COB(OC(CCO)CCCO)C(C)NC(=O)C(Cc1ccccc1)NC(=O)c1cnccn1. The summed E-state index contributed by atoms with van der Waals surface area (Å²) in [5.74, 6) is -1.48. The molecule has 0 aliphatic heterocycles. The van der Waals surface area contributed by atoms with Gasteiger partial charge in [0.2, 0.25) is 5.91 Å². The van der Waals surface area contributed by atoms with E-state index in [9.17, 15) is 14.7 Å². The largest absolute Gasteiger partial charge is 0.480 e. The van der Waals surface area contributed by atoms with Gasteiger partial charge in [0.25, 0.3) is 5.91 Å². The number of aromatic nitrogens is 2. The molecule has 10 nitrogen and oxygen atoms in total. The van der Waals surface area contributed by atoms with Crippen LogP contribution in [-0.2, 0) is 20.5 Å². The van der Waals surface area contributed by atoms with E-state index in [-0.39, 0.29) is 31.4 Å². The molecular formula is C23H33BN4O6. The molecule has 0 radical (unpaired) electrons. The molecule has 2 aromatic rings. The lowest BCUT2D eigenvalue weighted by Crippen LogP contribution is -2.55. The van der Waals surface area contributed by atoms with Crippen molar-refractivity contribution < 1.29 is 29.1 Å². The van der Waals surface area contributed by atoms with Gasteiger partial charge in [-0.15, -0.1) is 0 Å². The van der Waals surface area contributed by atoms with Crippen LogP contribution in [0.4, 0.5) is 0 Å². The number of amides is 2. The first-order valence-electron chi connectivity index (χ1n) is 11.3. The maximum Gasteiger partial charge on any atom is 0.480 e. The Kier molecular flexibility index (Phi) is 12.2. The highest BCUT2D eigenvalue weighted by Crippen LogP contribution is 2.11. The Balaban J connectivity index is 2.09. The molecule has 0 spiro atoms. The Labute approximate surface area is 200 Å². The van der Waals surface area contributed by atoms with E-state index in [1.165, 1.54) is 25.7 Å². The van der Waals surface area contributed by atoms with Gasteiger partial charge in [-0.05, 0) is 31.7 Å². The van der Waals surface area contributed by atoms with Crippen LogP contribution >= 0.6 is 0 Å². The van der Waals surface area contributed by atoms with E-state index >= 15 is 0 Å². The first-order valence-corrected chi connectivity index (χ1v) is 11.3.